The first-order valence-electron chi connectivity index (χ1n) is 8.87. The summed E-state index contributed by atoms with van der Waals surface area (Å²) in [6, 6.07) is 7.78. The number of amides is 2. The highest BCUT2D eigenvalue weighted by molar-refractivity contribution is 8.01. The van der Waals surface area contributed by atoms with E-state index in [1.165, 1.54) is 5.56 Å². The van der Waals surface area contributed by atoms with Gasteiger partial charge in [0.2, 0.25) is 11.8 Å². The van der Waals surface area contributed by atoms with Crippen molar-refractivity contribution in [2.24, 2.45) is 0 Å². The van der Waals surface area contributed by atoms with Crippen molar-refractivity contribution in [3.05, 3.63) is 35.4 Å². The molecule has 5 nitrogen and oxygen atoms in total. The number of carbonyl (C=O) groups is 2. The summed E-state index contributed by atoms with van der Waals surface area (Å²) in [6.07, 6.45) is 1.85. The van der Waals surface area contributed by atoms with Gasteiger partial charge in [-0.3, -0.25) is 9.59 Å². The fraction of sp³-hybridized carbons (Fsp3) is 0.579. The molecule has 136 valence electrons. The number of benzene rings is 1. The summed E-state index contributed by atoms with van der Waals surface area (Å²) in [4.78, 5) is 29.0. The minimum absolute atomic E-state index is 0.00467. The molecule has 1 aromatic carbocycles. The maximum absolute atomic E-state index is 12.8. The van der Waals surface area contributed by atoms with Gasteiger partial charge in [-0.25, -0.2) is 0 Å². The normalized spacial score (nSPS) is 23.0. The Labute approximate surface area is 154 Å². The van der Waals surface area contributed by atoms with Gasteiger partial charge >= 0.3 is 0 Å². The largest absolute Gasteiger partial charge is 0.350 e. The highest BCUT2D eigenvalue weighted by Crippen LogP contribution is 2.46. The molecule has 1 atom stereocenters. The number of piperidine rings is 1. The predicted octanol–water partition coefficient (Wildman–Crippen LogP) is 2.00. The lowest BCUT2D eigenvalue weighted by Crippen LogP contribution is -2.57. The minimum atomic E-state index is -0.364. The fourth-order valence-corrected chi connectivity index (χ4v) is 5.36. The zero-order valence-corrected chi connectivity index (χ0v) is 16.1. The van der Waals surface area contributed by atoms with E-state index in [2.05, 4.69) is 17.3 Å². The first-order valence-corrected chi connectivity index (χ1v) is 9.85. The van der Waals surface area contributed by atoms with Gasteiger partial charge in [0, 0.05) is 32.3 Å². The van der Waals surface area contributed by atoms with E-state index in [0.29, 0.717) is 12.3 Å². The van der Waals surface area contributed by atoms with Gasteiger partial charge < -0.3 is 15.1 Å². The van der Waals surface area contributed by atoms with E-state index in [0.717, 1.165) is 31.5 Å². The summed E-state index contributed by atoms with van der Waals surface area (Å²) in [6.45, 7) is 6.07. The molecule has 1 spiro atoms. The molecule has 2 fully saturated rings. The molecule has 1 N–H and O–H groups in total. The maximum atomic E-state index is 12.8. The Hall–Kier alpha value is -1.53. The van der Waals surface area contributed by atoms with E-state index < -0.39 is 0 Å². The molecule has 2 aliphatic rings. The summed E-state index contributed by atoms with van der Waals surface area (Å²) in [5.41, 5.74) is 2.28. The number of nitrogens with zero attached hydrogens (tertiary/aromatic N) is 2. The Morgan fingerprint density at radius 2 is 1.88 bits per heavy atom. The van der Waals surface area contributed by atoms with Crippen LogP contribution in [-0.2, 0) is 16.1 Å². The lowest BCUT2D eigenvalue weighted by atomic mass is 10.0. The molecule has 3 rings (SSSR count). The summed E-state index contributed by atoms with van der Waals surface area (Å²) >= 11 is 1.78. The van der Waals surface area contributed by atoms with E-state index in [1.807, 2.05) is 36.1 Å². The van der Waals surface area contributed by atoms with Crippen molar-refractivity contribution in [2.75, 3.05) is 25.9 Å². The van der Waals surface area contributed by atoms with E-state index in [1.54, 1.807) is 18.7 Å². The molecule has 0 saturated carbocycles. The van der Waals surface area contributed by atoms with E-state index in [4.69, 9.17) is 0 Å². The van der Waals surface area contributed by atoms with Crippen LogP contribution >= 0.6 is 11.8 Å². The summed E-state index contributed by atoms with van der Waals surface area (Å²) < 4.78 is 0. The molecule has 0 radical (unpaired) electrons. The topological polar surface area (TPSA) is 52.7 Å². The third-order valence-electron chi connectivity index (χ3n) is 5.26. The van der Waals surface area contributed by atoms with Crippen LogP contribution in [0, 0.1) is 6.92 Å². The maximum Gasteiger partial charge on any atom is 0.243 e. The summed E-state index contributed by atoms with van der Waals surface area (Å²) in [5, 5.41) is 3.02. The van der Waals surface area contributed by atoms with Crippen molar-refractivity contribution in [3.8, 4) is 0 Å². The number of thioether (sulfide) groups is 1. The monoisotopic (exact) mass is 361 g/mol. The zero-order valence-electron chi connectivity index (χ0n) is 15.2. The average Bonchev–Trinajstić information content (AvgIpc) is 2.96. The summed E-state index contributed by atoms with van der Waals surface area (Å²) in [7, 11) is 2.11. The van der Waals surface area contributed by atoms with Crippen LogP contribution in [0.4, 0.5) is 0 Å². The SMILES string of the molecule is CC(=O)N1C(C(=O)NCc2ccc(C)cc2)CSC12CCN(C)CC2. The van der Waals surface area contributed by atoms with Gasteiger partial charge in [-0.2, -0.15) is 0 Å². The van der Waals surface area contributed by atoms with Crippen molar-refractivity contribution < 1.29 is 9.59 Å². The number of likely N-dealkylation sites (tertiary alicyclic amines) is 1. The summed E-state index contributed by atoms with van der Waals surface area (Å²) in [5.74, 6) is 0.646. The molecule has 1 aromatic rings. The smallest absolute Gasteiger partial charge is 0.243 e. The number of rotatable bonds is 3. The number of carbonyl (C=O) groups excluding carboxylic acids is 2. The van der Waals surface area contributed by atoms with Crippen LogP contribution in [-0.4, -0.2) is 58.4 Å². The molecule has 0 aliphatic carbocycles. The van der Waals surface area contributed by atoms with Crippen LogP contribution in [0.25, 0.3) is 0 Å². The van der Waals surface area contributed by atoms with Crippen molar-refractivity contribution in [2.45, 2.75) is 44.1 Å². The molecule has 2 amide bonds. The van der Waals surface area contributed by atoms with Crippen LogP contribution < -0.4 is 5.32 Å². The van der Waals surface area contributed by atoms with Gasteiger partial charge in [-0.1, -0.05) is 29.8 Å². The number of hydrogen-bond acceptors (Lipinski definition) is 4. The van der Waals surface area contributed by atoms with Crippen LogP contribution in [0.1, 0.15) is 30.9 Å². The third kappa shape index (κ3) is 3.85. The lowest BCUT2D eigenvalue weighted by molar-refractivity contribution is -0.142. The second kappa shape index (κ2) is 7.38. The lowest BCUT2D eigenvalue weighted by Gasteiger charge is -2.44. The van der Waals surface area contributed by atoms with E-state index in [9.17, 15) is 9.59 Å². The van der Waals surface area contributed by atoms with Gasteiger partial charge in [0.25, 0.3) is 0 Å². The van der Waals surface area contributed by atoms with Crippen LogP contribution in [0.2, 0.25) is 0 Å². The average molecular weight is 362 g/mol. The van der Waals surface area contributed by atoms with Crippen LogP contribution in [0.5, 0.6) is 0 Å². The number of nitrogens with one attached hydrogen (secondary N) is 1. The minimum Gasteiger partial charge on any atom is -0.350 e. The van der Waals surface area contributed by atoms with Gasteiger partial charge in [0.15, 0.2) is 0 Å². The fourth-order valence-electron chi connectivity index (χ4n) is 3.73. The molecular formula is C19H27N3O2S. The standard InChI is InChI=1S/C19H27N3O2S/c1-14-4-6-16(7-5-14)12-20-18(24)17-13-25-19(22(17)15(2)23)8-10-21(3)11-9-19/h4-7,17H,8-13H2,1-3H3,(H,20,24). The molecule has 2 saturated heterocycles. The Kier molecular flexibility index (Phi) is 5.39. The predicted molar refractivity (Wildman–Crippen MR) is 101 cm³/mol. The van der Waals surface area contributed by atoms with Crippen molar-refractivity contribution in [1.29, 1.82) is 0 Å². The Balaban J connectivity index is 1.67. The van der Waals surface area contributed by atoms with Gasteiger partial charge in [0.1, 0.15) is 6.04 Å². The van der Waals surface area contributed by atoms with Crippen molar-refractivity contribution >= 4 is 23.6 Å². The molecule has 25 heavy (non-hydrogen) atoms. The molecule has 1 unspecified atom stereocenters. The quantitative estimate of drug-likeness (QED) is 0.895. The van der Waals surface area contributed by atoms with E-state index in [-0.39, 0.29) is 22.7 Å². The van der Waals surface area contributed by atoms with Crippen LogP contribution in [0.3, 0.4) is 0 Å². The Bertz CT molecular complexity index is 639. The third-order valence-corrected chi connectivity index (χ3v) is 6.88. The molecule has 2 heterocycles. The Morgan fingerprint density at radius 3 is 2.48 bits per heavy atom. The number of aryl methyl sites for hydroxylation is 1. The van der Waals surface area contributed by atoms with E-state index >= 15 is 0 Å². The molecule has 0 aromatic heterocycles. The molecule has 6 heteroatoms. The highest BCUT2D eigenvalue weighted by atomic mass is 32.2. The van der Waals surface area contributed by atoms with Gasteiger partial charge in [-0.05, 0) is 32.4 Å². The first kappa shape index (κ1) is 18.3. The van der Waals surface area contributed by atoms with Crippen molar-refractivity contribution in [1.82, 2.24) is 15.1 Å². The first-order chi connectivity index (χ1) is 11.9. The molecular weight excluding hydrogens is 334 g/mol. The van der Waals surface area contributed by atoms with Crippen LogP contribution in [0.15, 0.2) is 24.3 Å². The van der Waals surface area contributed by atoms with Gasteiger partial charge in [-0.15, -0.1) is 11.8 Å². The van der Waals surface area contributed by atoms with Crippen molar-refractivity contribution in [3.63, 3.8) is 0 Å². The zero-order chi connectivity index (χ0) is 18.0. The second-order valence-electron chi connectivity index (χ2n) is 7.17. The van der Waals surface area contributed by atoms with Gasteiger partial charge in [0.05, 0.1) is 4.87 Å². The highest BCUT2D eigenvalue weighted by Gasteiger charge is 2.51. The Morgan fingerprint density at radius 1 is 1.24 bits per heavy atom. The number of hydrogen-bond donors (Lipinski definition) is 1. The molecule has 2 aliphatic heterocycles. The second-order valence-corrected chi connectivity index (χ2v) is 8.55. The molecule has 0 bridgehead atoms.